The minimum Gasteiger partial charge on any atom is -0.304 e. The second kappa shape index (κ2) is 6.12. The highest BCUT2D eigenvalue weighted by molar-refractivity contribution is 5.32. The number of nitrogens with one attached hydrogen (secondary N) is 1. The molecule has 1 unspecified atom stereocenters. The summed E-state index contributed by atoms with van der Waals surface area (Å²) >= 11 is 0. The Morgan fingerprint density at radius 1 is 0.947 bits per heavy atom. The number of aromatic nitrogens is 1. The van der Waals surface area contributed by atoms with Crippen molar-refractivity contribution in [3.63, 3.8) is 0 Å². The number of nitrogens with zero attached hydrogens (tertiary/aromatic N) is 2. The quantitative estimate of drug-likeness (QED) is 0.906. The number of nitriles is 1. The molecule has 0 spiro atoms. The van der Waals surface area contributed by atoms with E-state index < -0.39 is 0 Å². The van der Waals surface area contributed by atoms with Crippen LogP contribution in [0.25, 0.3) is 0 Å². The van der Waals surface area contributed by atoms with Crippen molar-refractivity contribution in [2.24, 2.45) is 0 Å². The Morgan fingerprint density at radius 2 is 1.47 bits per heavy atom. The van der Waals surface area contributed by atoms with Crippen molar-refractivity contribution in [3.05, 3.63) is 65.5 Å². The lowest BCUT2D eigenvalue weighted by Gasteiger charge is -2.20. The SMILES string of the molecule is CC(N[C@H](C)c1ccncc1)c1ccc(C#N)cc1. The van der Waals surface area contributed by atoms with Crippen LogP contribution in [0.15, 0.2) is 48.8 Å². The number of hydrogen-bond acceptors (Lipinski definition) is 3. The van der Waals surface area contributed by atoms with Gasteiger partial charge in [0.25, 0.3) is 0 Å². The molecule has 0 saturated heterocycles. The van der Waals surface area contributed by atoms with E-state index in [9.17, 15) is 0 Å². The van der Waals surface area contributed by atoms with Crippen molar-refractivity contribution in [2.45, 2.75) is 25.9 Å². The Balaban J connectivity index is 2.04. The zero-order valence-electron chi connectivity index (χ0n) is 11.2. The van der Waals surface area contributed by atoms with E-state index in [2.05, 4.69) is 30.2 Å². The van der Waals surface area contributed by atoms with Crippen LogP contribution >= 0.6 is 0 Å². The minimum absolute atomic E-state index is 0.232. The fourth-order valence-electron chi connectivity index (χ4n) is 2.07. The zero-order valence-corrected chi connectivity index (χ0v) is 11.2. The molecule has 3 heteroatoms. The molecule has 96 valence electrons. The Morgan fingerprint density at radius 3 is 2.00 bits per heavy atom. The van der Waals surface area contributed by atoms with Crippen molar-refractivity contribution in [3.8, 4) is 6.07 Å². The van der Waals surface area contributed by atoms with Crippen LogP contribution < -0.4 is 5.32 Å². The van der Waals surface area contributed by atoms with Gasteiger partial charge in [-0.05, 0) is 49.2 Å². The van der Waals surface area contributed by atoms with Gasteiger partial charge < -0.3 is 5.32 Å². The van der Waals surface area contributed by atoms with Gasteiger partial charge in [-0.25, -0.2) is 0 Å². The fraction of sp³-hybridized carbons (Fsp3) is 0.250. The van der Waals surface area contributed by atoms with Gasteiger partial charge in [0.05, 0.1) is 11.6 Å². The van der Waals surface area contributed by atoms with E-state index in [0.29, 0.717) is 5.56 Å². The summed E-state index contributed by atoms with van der Waals surface area (Å²) in [6.07, 6.45) is 3.61. The van der Waals surface area contributed by atoms with Crippen LogP contribution in [0, 0.1) is 11.3 Å². The summed E-state index contributed by atoms with van der Waals surface area (Å²) in [5, 5.41) is 12.3. The Kier molecular flexibility index (Phi) is 4.27. The molecule has 1 aromatic heterocycles. The van der Waals surface area contributed by atoms with Crippen LogP contribution in [0.4, 0.5) is 0 Å². The highest BCUT2D eigenvalue weighted by Crippen LogP contribution is 2.19. The largest absolute Gasteiger partial charge is 0.304 e. The molecule has 2 aromatic rings. The lowest BCUT2D eigenvalue weighted by molar-refractivity contribution is 0.494. The first-order valence-corrected chi connectivity index (χ1v) is 6.36. The van der Waals surface area contributed by atoms with Crippen LogP contribution in [-0.4, -0.2) is 4.98 Å². The molecule has 0 radical (unpaired) electrons. The highest BCUT2D eigenvalue weighted by atomic mass is 14.9. The van der Waals surface area contributed by atoms with Gasteiger partial charge in [0.1, 0.15) is 0 Å². The molecular formula is C16H17N3. The monoisotopic (exact) mass is 251 g/mol. The second-order valence-corrected chi connectivity index (χ2v) is 4.62. The average molecular weight is 251 g/mol. The standard InChI is InChI=1S/C16H17N3/c1-12(15-5-3-14(11-17)4-6-15)19-13(2)16-7-9-18-10-8-16/h3-10,12-13,19H,1-2H3/t12?,13-/m1/s1. The molecule has 0 saturated carbocycles. The molecule has 1 heterocycles. The molecule has 2 atom stereocenters. The summed E-state index contributed by atoms with van der Waals surface area (Å²) in [5.74, 6) is 0. The first-order valence-electron chi connectivity index (χ1n) is 6.36. The van der Waals surface area contributed by atoms with Gasteiger partial charge in [-0.3, -0.25) is 4.98 Å². The van der Waals surface area contributed by atoms with E-state index in [1.165, 1.54) is 11.1 Å². The van der Waals surface area contributed by atoms with Gasteiger partial charge in [0.2, 0.25) is 0 Å². The molecule has 1 aromatic carbocycles. The van der Waals surface area contributed by atoms with Gasteiger partial charge in [0, 0.05) is 24.5 Å². The minimum atomic E-state index is 0.232. The molecule has 3 nitrogen and oxygen atoms in total. The Labute approximate surface area is 113 Å². The third-order valence-corrected chi connectivity index (χ3v) is 3.25. The zero-order chi connectivity index (χ0) is 13.7. The molecule has 0 aliphatic carbocycles. The van der Waals surface area contributed by atoms with Crippen molar-refractivity contribution in [1.82, 2.24) is 10.3 Å². The van der Waals surface area contributed by atoms with Crippen molar-refractivity contribution in [1.29, 1.82) is 5.26 Å². The lowest BCUT2D eigenvalue weighted by Crippen LogP contribution is -2.22. The van der Waals surface area contributed by atoms with E-state index in [1.807, 2.05) is 36.4 Å². The summed E-state index contributed by atoms with van der Waals surface area (Å²) in [4.78, 5) is 4.03. The Bertz CT molecular complexity index is 555. The van der Waals surface area contributed by atoms with E-state index >= 15 is 0 Å². The van der Waals surface area contributed by atoms with E-state index in [0.717, 1.165) is 0 Å². The highest BCUT2D eigenvalue weighted by Gasteiger charge is 2.10. The van der Waals surface area contributed by atoms with E-state index in [1.54, 1.807) is 12.4 Å². The summed E-state index contributed by atoms with van der Waals surface area (Å²) < 4.78 is 0. The second-order valence-electron chi connectivity index (χ2n) is 4.62. The van der Waals surface area contributed by atoms with Crippen molar-refractivity contribution < 1.29 is 0 Å². The van der Waals surface area contributed by atoms with Crippen LogP contribution in [0.5, 0.6) is 0 Å². The molecule has 0 aliphatic rings. The van der Waals surface area contributed by atoms with E-state index in [4.69, 9.17) is 5.26 Å². The topological polar surface area (TPSA) is 48.7 Å². The van der Waals surface area contributed by atoms with Crippen LogP contribution in [0.1, 0.15) is 42.6 Å². The maximum atomic E-state index is 8.79. The fourth-order valence-corrected chi connectivity index (χ4v) is 2.07. The van der Waals surface area contributed by atoms with Gasteiger partial charge >= 0.3 is 0 Å². The van der Waals surface area contributed by atoms with Gasteiger partial charge in [-0.15, -0.1) is 0 Å². The molecule has 2 rings (SSSR count). The molecule has 0 fully saturated rings. The summed E-state index contributed by atoms with van der Waals surface area (Å²) in [6, 6.07) is 14.4. The van der Waals surface area contributed by atoms with Crippen LogP contribution in [0.2, 0.25) is 0 Å². The van der Waals surface area contributed by atoms with Gasteiger partial charge in [0.15, 0.2) is 0 Å². The maximum Gasteiger partial charge on any atom is 0.0991 e. The molecular weight excluding hydrogens is 234 g/mol. The number of rotatable bonds is 4. The molecule has 0 bridgehead atoms. The smallest absolute Gasteiger partial charge is 0.0991 e. The normalized spacial score (nSPS) is 13.5. The molecule has 0 amide bonds. The third-order valence-electron chi connectivity index (χ3n) is 3.25. The summed E-state index contributed by atoms with van der Waals surface area (Å²) in [6.45, 7) is 4.26. The first kappa shape index (κ1) is 13.3. The first-order chi connectivity index (χ1) is 9.20. The van der Waals surface area contributed by atoms with Crippen LogP contribution in [0.3, 0.4) is 0 Å². The van der Waals surface area contributed by atoms with Crippen molar-refractivity contribution in [2.75, 3.05) is 0 Å². The summed E-state index contributed by atoms with van der Waals surface area (Å²) in [5.41, 5.74) is 3.09. The van der Waals surface area contributed by atoms with Crippen LogP contribution in [-0.2, 0) is 0 Å². The predicted octanol–water partition coefficient (Wildman–Crippen LogP) is 3.37. The number of benzene rings is 1. The average Bonchev–Trinajstić information content (AvgIpc) is 2.48. The molecule has 19 heavy (non-hydrogen) atoms. The molecule has 1 N–H and O–H groups in total. The predicted molar refractivity (Wildman–Crippen MR) is 75.4 cm³/mol. The van der Waals surface area contributed by atoms with Gasteiger partial charge in [-0.2, -0.15) is 5.26 Å². The number of pyridine rings is 1. The van der Waals surface area contributed by atoms with Gasteiger partial charge in [-0.1, -0.05) is 12.1 Å². The Hall–Kier alpha value is -2.18. The lowest BCUT2D eigenvalue weighted by atomic mass is 10.0. The number of hydrogen-bond donors (Lipinski definition) is 1. The van der Waals surface area contributed by atoms with E-state index in [-0.39, 0.29) is 12.1 Å². The molecule has 0 aliphatic heterocycles. The third kappa shape index (κ3) is 3.40. The maximum absolute atomic E-state index is 8.79. The van der Waals surface area contributed by atoms with Crippen molar-refractivity contribution >= 4 is 0 Å². The summed E-state index contributed by atoms with van der Waals surface area (Å²) in [7, 11) is 0.